The second-order valence-electron chi connectivity index (χ2n) is 3.12. The van der Waals surface area contributed by atoms with Crippen LogP contribution in [-0.4, -0.2) is 42.4 Å². The van der Waals surface area contributed by atoms with Crippen molar-refractivity contribution in [3.8, 4) is 11.8 Å². The lowest BCUT2D eigenvalue weighted by Crippen LogP contribution is -2.17. The second kappa shape index (κ2) is 6.97. The van der Waals surface area contributed by atoms with E-state index in [2.05, 4.69) is 15.3 Å². The van der Waals surface area contributed by atoms with E-state index in [0.29, 0.717) is 24.7 Å². The van der Waals surface area contributed by atoms with Gasteiger partial charge in [-0.05, 0) is 13.0 Å². The van der Waals surface area contributed by atoms with Gasteiger partial charge in [0.05, 0.1) is 19.8 Å². The number of nitrogens with one attached hydrogen (secondary N) is 1. The molecule has 0 saturated carbocycles. The summed E-state index contributed by atoms with van der Waals surface area (Å²) >= 11 is 0. The summed E-state index contributed by atoms with van der Waals surface area (Å²) in [5, 5.41) is 11.8. The smallest absolute Gasteiger partial charge is 0.224 e. The van der Waals surface area contributed by atoms with Gasteiger partial charge in [-0.3, -0.25) is 0 Å². The summed E-state index contributed by atoms with van der Waals surface area (Å²) in [6.45, 7) is 1.44. The minimum Gasteiger partial charge on any atom is -0.481 e. The Morgan fingerprint density at radius 1 is 1.25 bits per heavy atom. The zero-order valence-corrected chi connectivity index (χ0v) is 9.56. The molecule has 0 aromatic carbocycles. The molecule has 1 rings (SSSR count). The molecule has 0 unspecified atom stereocenters. The molecule has 1 aromatic heterocycles. The van der Waals surface area contributed by atoms with Crippen molar-refractivity contribution in [1.82, 2.24) is 15.3 Å². The van der Waals surface area contributed by atoms with Crippen LogP contribution < -0.4 is 14.8 Å². The van der Waals surface area contributed by atoms with Crippen LogP contribution in [0.2, 0.25) is 0 Å². The Morgan fingerprint density at radius 3 is 2.38 bits per heavy atom. The quantitative estimate of drug-likeness (QED) is 0.637. The molecule has 0 aliphatic carbocycles. The monoisotopic (exact) mass is 227 g/mol. The van der Waals surface area contributed by atoms with E-state index in [1.807, 2.05) is 0 Å². The van der Waals surface area contributed by atoms with Crippen molar-refractivity contribution in [3.05, 3.63) is 11.9 Å². The Balaban J connectivity index is 2.67. The van der Waals surface area contributed by atoms with Gasteiger partial charge in [-0.2, -0.15) is 0 Å². The van der Waals surface area contributed by atoms with E-state index in [9.17, 15) is 0 Å². The van der Waals surface area contributed by atoms with Crippen LogP contribution in [-0.2, 0) is 6.54 Å². The van der Waals surface area contributed by atoms with Crippen LogP contribution in [0, 0.1) is 0 Å². The van der Waals surface area contributed by atoms with Crippen LogP contribution in [0.3, 0.4) is 0 Å². The van der Waals surface area contributed by atoms with Crippen LogP contribution in [0.1, 0.15) is 12.0 Å². The van der Waals surface area contributed by atoms with E-state index in [4.69, 9.17) is 14.6 Å². The molecule has 6 nitrogen and oxygen atoms in total. The van der Waals surface area contributed by atoms with Crippen LogP contribution in [0.25, 0.3) is 0 Å². The average Bonchev–Trinajstić information content (AvgIpc) is 2.34. The lowest BCUT2D eigenvalue weighted by Gasteiger charge is -2.11. The number of aliphatic hydroxyl groups is 1. The Labute approximate surface area is 94.6 Å². The van der Waals surface area contributed by atoms with Gasteiger partial charge in [0.2, 0.25) is 11.8 Å². The summed E-state index contributed by atoms with van der Waals surface area (Å²) in [5.41, 5.74) is 0.783. The molecule has 1 aromatic rings. The Kier molecular flexibility index (Phi) is 5.52. The fourth-order valence-electron chi connectivity index (χ4n) is 1.30. The summed E-state index contributed by atoms with van der Waals surface area (Å²) in [4.78, 5) is 8.00. The highest BCUT2D eigenvalue weighted by atomic mass is 16.5. The van der Waals surface area contributed by atoms with E-state index in [-0.39, 0.29) is 6.61 Å². The Morgan fingerprint density at radius 2 is 1.88 bits per heavy atom. The third-order valence-electron chi connectivity index (χ3n) is 2.07. The number of ether oxygens (including phenoxy) is 2. The van der Waals surface area contributed by atoms with E-state index in [0.717, 1.165) is 12.1 Å². The number of hydrogen-bond donors (Lipinski definition) is 2. The molecule has 2 N–H and O–H groups in total. The standard InChI is InChI=1S/C10H17N3O3/c1-15-9-8(6-11-4-3-5-14)10(16-2)13-7-12-9/h7,11,14H,3-6H2,1-2H3. The van der Waals surface area contributed by atoms with Crippen molar-refractivity contribution in [1.29, 1.82) is 0 Å². The lowest BCUT2D eigenvalue weighted by molar-refractivity contribution is 0.285. The topological polar surface area (TPSA) is 76.5 Å². The fraction of sp³-hybridized carbons (Fsp3) is 0.600. The molecular formula is C10H17N3O3. The normalized spacial score (nSPS) is 10.2. The van der Waals surface area contributed by atoms with Gasteiger partial charge in [0.1, 0.15) is 6.33 Å². The number of methoxy groups -OCH3 is 2. The fourth-order valence-corrected chi connectivity index (χ4v) is 1.30. The molecule has 0 aliphatic rings. The molecule has 0 fully saturated rings. The lowest BCUT2D eigenvalue weighted by atomic mass is 10.3. The van der Waals surface area contributed by atoms with E-state index >= 15 is 0 Å². The van der Waals surface area contributed by atoms with Crippen LogP contribution in [0.4, 0.5) is 0 Å². The first kappa shape index (κ1) is 12.7. The van der Waals surface area contributed by atoms with Crippen LogP contribution >= 0.6 is 0 Å². The molecule has 0 amide bonds. The first-order chi connectivity index (χ1) is 7.83. The zero-order valence-electron chi connectivity index (χ0n) is 9.56. The molecule has 90 valence electrons. The largest absolute Gasteiger partial charge is 0.481 e. The summed E-state index contributed by atoms with van der Waals surface area (Å²) in [6.07, 6.45) is 2.10. The molecule has 0 spiro atoms. The molecule has 0 bridgehead atoms. The van der Waals surface area contributed by atoms with E-state index in [1.54, 1.807) is 14.2 Å². The average molecular weight is 227 g/mol. The van der Waals surface area contributed by atoms with Crippen molar-refractivity contribution < 1.29 is 14.6 Å². The number of nitrogens with zero attached hydrogens (tertiary/aromatic N) is 2. The molecule has 0 aliphatic heterocycles. The van der Waals surface area contributed by atoms with Gasteiger partial charge in [-0.25, -0.2) is 9.97 Å². The third kappa shape index (κ3) is 3.32. The highest BCUT2D eigenvalue weighted by Gasteiger charge is 2.11. The summed E-state index contributed by atoms with van der Waals surface area (Å²) in [5.74, 6) is 1.01. The molecule has 6 heteroatoms. The Bertz CT molecular complexity index is 298. The van der Waals surface area contributed by atoms with Crippen molar-refractivity contribution in [2.75, 3.05) is 27.4 Å². The number of hydrogen-bond acceptors (Lipinski definition) is 6. The minimum atomic E-state index is 0.173. The predicted molar refractivity (Wildman–Crippen MR) is 58.5 cm³/mol. The molecular weight excluding hydrogens is 210 g/mol. The van der Waals surface area contributed by atoms with Crippen molar-refractivity contribution in [2.24, 2.45) is 0 Å². The highest BCUT2D eigenvalue weighted by Crippen LogP contribution is 2.22. The molecule has 0 atom stereocenters. The Hall–Kier alpha value is -1.40. The van der Waals surface area contributed by atoms with Crippen molar-refractivity contribution in [2.45, 2.75) is 13.0 Å². The number of aromatic nitrogens is 2. The summed E-state index contributed by atoms with van der Waals surface area (Å²) in [6, 6.07) is 0. The maximum atomic E-state index is 8.65. The molecule has 16 heavy (non-hydrogen) atoms. The second-order valence-corrected chi connectivity index (χ2v) is 3.12. The van der Waals surface area contributed by atoms with Gasteiger partial charge in [0.15, 0.2) is 0 Å². The first-order valence-electron chi connectivity index (χ1n) is 5.07. The van der Waals surface area contributed by atoms with Gasteiger partial charge in [-0.15, -0.1) is 0 Å². The maximum Gasteiger partial charge on any atom is 0.224 e. The third-order valence-corrected chi connectivity index (χ3v) is 2.07. The van der Waals surface area contributed by atoms with Crippen LogP contribution in [0.5, 0.6) is 11.8 Å². The van der Waals surface area contributed by atoms with Gasteiger partial charge >= 0.3 is 0 Å². The van der Waals surface area contributed by atoms with Gasteiger partial charge < -0.3 is 19.9 Å². The molecule has 1 heterocycles. The number of aliphatic hydroxyl groups excluding tert-OH is 1. The van der Waals surface area contributed by atoms with E-state index < -0.39 is 0 Å². The highest BCUT2D eigenvalue weighted by molar-refractivity contribution is 5.34. The summed E-state index contributed by atoms with van der Waals surface area (Å²) in [7, 11) is 3.11. The van der Waals surface area contributed by atoms with Crippen molar-refractivity contribution in [3.63, 3.8) is 0 Å². The minimum absolute atomic E-state index is 0.173. The zero-order chi connectivity index (χ0) is 11.8. The predicted octanol–water partition coefficient (Wildman–Crippen LogP) is -0.0342. The maximum absolute atomic E-state index is 8.65. The van der Waals surface area contributed by atoms with Crippen LogP contribution in [0.15, 0.2) is 6.33 Å². The SMILES string of the molecule is COc1ncnc(OC)c1CNCCCO. The number of rotatable bonds is 7. The van der Waals surface area contributed by atoms with Gasteiger partial charge in [0, 0.05) is 13.2 Å². The van der Waals surface area contributed by atoms with Gasteiger partial charge in [-0.1, -0.05) is 0 Å². The van der Waals surface area contributed by atoms with E-state index in [1.165, 1.54) is 6.33 Å². The molecule has 0 radical (unpaired) electrons. The summed E-state index contributed by atoms with van der Waals surface area (Å²) < 4.78 is 10.2. The molecule has 0 saturated heterocycles. The first-order valence-corrected chi connectivity index (χ1v) is 5.07. The van der Waals surface area contributed by atoms with Gasteiger partial charge in [0.25, 0.3) is 0 Å². The van der Waals surface area contributed by atoms with Crippen molar-refractivity contribution >= 4 is 0 Å².